The highest BCUT2D eigenvalue weighted by atomic mass is 32.1. The third-order valence-electron chi connectivity index (χ3n) is 4.87. The van der Waals surface area contributed by atoms with Crippen LogP contribution in [-0.2, 0) is 6.54 Å². The number of rotatable bonds is 5. The molecule has 0 aliphatic heterocycles. The molecule has 6 nitrogen and oxygen atoms in total. The first-order valence-corrected chi connectivity index (χ1v) is 11.0. The van der Waals surface area contributed by atoms with Gasteiger partial charge in [0.1, 0.15) is 27.5 Å². The molecule has 0 amide bonds. The molecule has 32 heavy (non-hydrogen) atoms. The molecule has 0 fully saturated rings. The minimum atomic E-state index is -0.320. The van der Waals surface area contributed by atoms with E-state index in [0.717, 1.165) is 39.2 Å². The van der Waals surface area contributed by atoms with Gasteiger partial charge in [0.25, 0.3) is 0 Å². The average Bonchev–Trinajstić information content (AvgIpc) is 3.40. The number of aromatic nitrogens is 5. The quantitative estimate of drug-likeness (QED) is 0.349. The molecule has 0 unspecified atom stereocenters. The Morgan fingerprint density at radius 2 is 1.91 bits per heavy atom. The molecule has 0 aliphatic carbocycles. The number of nitrogens with zero attached hydrogens (tertiary/aromatic N) is 5. The topological polar surface area (TPSA) is 68.5 Å². The van der Waals surface area contributed by atoms with Crippen LogP contribution in [0.4, 0.5) is 10.1 Å². The van der Waals surface area contributed by atoms with E-state index < -0.39 is 0 Å². The molecule has 0 bridgehead atoms. The average molecular weight is 461 g/mol. The zero-order valence-electron chi connectivity index (χ0n) is 17.0. The van der Waals surface area contributed by atoms with Gasteiger partial charge in [-0.3, -0.25) is 9.67 Å². The van der Waals surface area contributed by atoms with Crippen molar-refractivity contribution in [3.63, 3.8) is 0 Å². The maximum atomic E-state index is 13.5. The van der Waals surface area contributed by atoms with Crippen molar-refractivity contribution in [3.8, 4) is 22.5 Å². The Morgan fingerprint density at radius 3 is 2.75 bits per heavy atom. The van der Waals surface area contributed by atoms with Crippen molar-refractivity contribution >= 4 is 45.7 Å². The minimum absolute atomic E-state index is 0.320. The van der Waals surface area contributed by atoms with Crippen LogP contribution in [0.15, 0.2) is 66.9 Å². The normalized spacial score (nSPS) is 11.1. The molecule has 0 atom stereocenters. The number of hydrogen-bond donors (Lipinski definition) is 1. The first-order valence-electron chi connectivity index (χ1n) is 9.85. The van der Waals surface area contributed by atoms with Gasteiger partial charge in [0.15, 0.2) is 0 Å². The predicted molar refractivity (Wildman–Crippen MR) is 129 cm³/mol. The van der Waals surface area contributed by atoms with E-state index in [9.17, 15) is 4.39 Å². The highest BCUT2D eigenvalue weighted by Gasteiger charge is 2.16. The number of thiocarbonyl (C=S) groups is 1. The van der Waals surface area contributed by atoms with Gasteiger partial charge in [0.05, 0.1) is 24.0 Å². The fourth-order valence-electron chi connectivity index (χ4n) is 3.44. The Kier molecular flexibility index (Phi) is 5.42. The number of nitrogens with one attached hydrogen (secondary N) is 1. The van der Waals surface area contributed by atoms with Crippen LogP contribution < -0.4 is 5.32 Å². The fourth-order valence-corrected chi connectivity index (χ4v) is 4.21. The van der Waals surface area contributed by atoms with Crippen molar-refractivity contribution in [1.82, 2.24) is 23.5 Å². The molecule has 0 aliphatic rings. The Bertz CT molecular complexity index is 1440. The van der Waals surface area contributed by atoms with Crippen LogP contribution >= 0.6 is 23.9 Å². The minimum Gasteiger partial charge on any atom is -0.348 e. The smallest absolute Gasteiger partial charge is 0.125 e. The van der Waals surface area contributed by atoms with Crippen molar-refractivity contribution in [1.29, 1.82) is 0 Å². The van der Waals surface area contributed by atoms with E-state index in [-0.39, 0.29) is 5.82 Å². The summed E-state index contributed by atoms with van der Waals surface area (Å²) >= 11 is 6.68. The third kappa shape index (κ3) is 4.25. The lowest BCUT2D eigenvalue weighted by Crippen LogP contribution is -2.17. The van der Waals surface area contributed by atoms with E-state index in [1.165, 1.54) is 23.9 Å². The van der Waals surface area contributed by atoms with E-state index in [4.69, 9.17) is 17.3 Å². The van der Waals surface area contributed by atoms with Crippen LogP contribution in [0.2, 0.25) is 0 Å². The maximum absolute atomic E-state index is 13.5. The molecule has 0 saturated carbocycles. The molecule has 9 heteroatoms. The van der Waals surface area contributed by atoms with Crippen LogP contribution in [0.3, 0.4) is 0 Å². The summed E-state index contributed by atoms with van der Waals surface area (Å²) < 4.78 is 23.9. The predicted octanol–water partition coefficient (Wildman–Crippen LogP) is 5.50. The van der Waals surface area contributed by atoms with Crippen molar-refractivity contribution < 1.29 is 4.39 Å². The van der Waals surface area contributed by atoms with Crippen molar-refractivity contribution in [2.75, 3.05) is 5.32 Å². The first-order chi connectivity index (χ1) is 15.5. The van der Waals surface area contributed by atoms with Gasteiger partial charge in [-0.05, 0) is 55.0 Å². The standard InChI is InChI=1S/C23H17FN6S2/c1-14-4-2-7-20(25-14)23-18(15-8-9-19-21(10-15)29-32-28-19)12-30(27-23)13-22(31)26-17-6-3-5-16(24)11-17/h2-12H,13H2,1H3,(H,26,31). The monoisotopic (exact) mass is 460 g/mol. The van der Waals surface area contributed by atoms with Crippen molar-refractivity contribution in [2.45, 2.75) is 13.5 Å². The second kappa shape index (κ2) is 8.52. The first kappa shape index (κ1) is 20.3. The zero-order valence-corrected chi connectivity index (χ0v) is 18.6. The second-order valence-electron chi connectivity index (χ2n) is 7.28. The highest BCUT2D eigenvalue weighted by Crippen LogP contribution is 2.32. The molecule has 3 heterocycles. The van der Waals surface area contributed by atoms with Crippen LogP contribution in [0.5, 0.6) is 0 Å². The summed E-state index contributed by atoms with van der Waals surface area (Å²) in [6.45, 7) is 2.29. The number of fused-ring (bicyclic) bond motifs is 1. The van der Waals surface area contributed by atoms with Gasteiger partial charge < -0.3 is 5.32 Å². The number of benzene rings is 2. The molecule has 5 aromatic rings. The lowest BCUT2D eigenvalue weighted by Gasteiger charge is -2.08. The van der Waals surface area contributed by atoms with Gasteiger partial charge in [0, 0.05) is 23.1 Å². The van der Waals surface area contributed by atoms with Crippen molar-refractivity contribution in [2.24, 2.45) is 0 Å². The molecule has 0 saturated heterocycles. The summed E-state index contributed by atoms with van der Waals surface area (Å²) in [6.07, 6.45) is 1.94. The maximum Gasteiger partial charge on any atom is 0.125 e. The van der Waals surface area contributed by atoms with Crippen LogP contribution in [0.1, 0.15) is 5.69 Å². The van der Waals surface area contributed by atoms with Crippen LogP contribution in [0.25, 0.3) is 33.5 Å². The number of pyridine rings is 1. The van der Waals surface area contributed by atoms with E-state index in [0.29, 0.717) is 17.2 Å². The zero-order chi connectivity index (χ0) is 22.1. The molecule has 158 valence electrons. The summed E-state index contributed by atoms with van der Waals surface area (Å²) in [6, 6.07) is 18.0. The molecule has 2 aromatic carbocycles. The summed E-state index contributed by atoms with van der Waals surface area (Å²) in [5.74, 6) is -0.320. The van der Waals surface area contributed by atoms with Gasteiger partial charge in [-0.1, -0.05) is 30.4 Å². The highest BCUT2D eigenvalue weighted by molar-refractivity contribution is 7.80. The summed E-state index contributed by atoms with van der Waals surface area (Å²) in [5.41, 5.74) is 6.64. The molecular weight excluding hydrogens is 443 g/mol. The van der Waals surface area contributed by atoms with Gasteiger partial charge >= 0.3 is 0 Å². The lowest BCUT2D eigenvalue weighted by atomic mass is 10.0. The fraction of sp³-hybridized carbons (Fsp3) is 0.0870. The van der Waals surface area contributed by atoms with E-state index in [1.54, 1.807) is 16.8 Å². The Labute approximate surface area is 193 Å². The lowest BCUT2D eigenvalue weighted by molar-refractivity contribution is 0.628. The number of anilines is 1. The summed E-state index contributed by atoms with van der Waals surface area (Å²) in [5, 5.41) is 7.85. The SMILES string of the molecule is Cc1cccc(-c2nn(CC(=S)Nc3cccc(F)c3)cc2-c2ccc3nsnc3c2)n1. The molecule has 5 rings (SSSR count). The number of aryl methyl sites for hydroxylation is 1. The Morgan fingerprint density at radius 1 is 1.06 bits per heavy atom. The largest absolute Gasteiger partial charge is 0.348 e. The van der Waals surface area contributed by atoms with Crippen LogP contribution in [-0.4, -0.2) is 28.5 Å². The molecule has 0 spiro atoms. The number of halogens is 1. The molecule has 3 aromatic heterocycles. The summed E-state index contributed by atoms with van der Waals surface area (Å²) in [7, 11) is 0. The van der Waals surface area contributed by atoms with Gasteiger partial charge in [-0.15, -0.1) is 0 Å². The Balaban J connectivity index is 1.51. The third-order valence-corrected chi connectivity index (χ3v) is 5.66. The number of hydrogen-bond acceptors (Lipinski definition) is 6. The summed E-state index contributed by atoms with van der Waals surface area (Å²) in [4.78, 5) is 5.18. The Hall–Kier alpha value is -3.56. The van der Waals surface area contributed by atoms with Crippen molar-refractivity contribution in [3.05, 3.63) is 78.4 Å². The van der Waals surface area contributed by atoms with Gasteiger partial charge in [0.2, 0.25) is 0 Å². The molecular formula is C23H17FN6S2. The van der Waals surface area contributed by atoms with Gasteiger partial charge in [-0.2, -0.15) is 13.8 Å². The molecule has 0 radical (unpaired) electrons. The van der Waals surface area contributed by atoms with Gasteiger partial charge in [-0.25, -0.2) is 4.39 Å². The molecule has 1 N–H and O–H groups in total. The van der Waals surface area contributed by atoms with E-state index >= 15 is 0 Å². The van der Waals surface area contributed by atoms with E-state index in [2.05, 4.69) is 19.0 Å². The van der Waals surface area contributed by atoms with E-state index in [1.807, 2.05) is 49.5 Å². The second-order valence-corrected chi connectivity index (χ2v) is 8.30. The van der Waals surface area contributed by atoms with Crippen LogP contribution in [0, 0.1) is 12.7 Å².